The van der Waals surface area contributed by atoms with Gasteiger partial charge in [-0.1, -0.05) is 34.1 Å². The molecule has 0 radical (unpaired) electrons. The number of primary sulfonamides is 1. The second-order valence-electron chi connectivity index (χ2n) is 4.89. The predicted molar refractivity (Wildman–Crippen MR) is 88.7 cm³/mol. The lowest BCUT2D eigenvalue weighted by atomic mass is 10.1. The van der Waals surface area contributed by atoms with Crippen molar-refractivity contribution in [2.24, 2.45) is 5.14 Å². The van der Waals surface area contributed by atoms with E-state index in [2.05, 4.69) is 21.2 Å². The zero-order chi connectivity index (χ0) is 15.6. The first-order valence-corrected chi connectivity index (χ1v) is 8.77. The molecule has 0 saturated carbocycles. The highest BCUT2D eigenvalue weighted by molar-refractivity contribution is 9.10. The molecule has 112 valence electrons. The van der Waals surface area contributed by atoms with Crippen LogP contribution in [0.2, 0.25) is 0 Å². The Bertz CT molecular complexity index is 743. The van der Waals surface area contributed by atoms with Gasteiger partial charge in [-0.25, -0.2) is 13.6 Å². The molecule has 2 aromatic carbocycles. The third-order valence-electron chi connectivity index (χ3n) is 3.35. The molecule has 0 heterocycles. The standard InChI is InChI=1S/C15H17BrN2O2S/c1-10-14(16)4-3-5-15(10)18-11(2)12-6-8-13(9-7-12)21(17,19)20/h3-9,11,18H,1-2H3,(H2,17,19,20). The van der Waals surface area contributed by atoms with Gasteiger partial charge in [0.25, 0.3) is 0 Å². The Morgan fingerprint density at radius 1 is 1.14 bits per heavy atom. The number of nitrogens with two attached hydrogens (primary N) is 1. The van der Waals surface area contributed by atoms with E-state index in [1.165, 1.54) is 12.1 Å². The van der Waals surface area contributed by atoms with Crippen molar-refractivity contribution in [2.45, 2.75) is 24.8 Å². The molecule has 0 amide bonds. The fraction of sp³-hybridized carbons (Fsp3) is 0.200. The quantitative estimate of drug-likeness (QED) is 0.865. The number of hydrogen-bond donors (Lipinski definition) is 2. The lowest BCUT2D eigenvalue weighted by molar-refractivity contribution is 0.597. The van der Waals surface area contributed by atoms with Gasteiger partial charge in [-0.3, -0.25) is 0 Å². The highest BCUT2D eigenvalue weighted by atomic mass is 79.9. The topological polar surface area (TPSA) is 72.2 Å². The summed E-state index contributed by atoms with van der Waals surface area (Å²) in [5.41, 5.74) is 3.15. The van der Waals surface area contributed by atoms with Gasteiger partial charge in [0, 0.05) is 16.2 Å². The highest BCUT2D eigenvalue weighted by Gasteiger charge is 2.11. The minimum absolute atomic E-state index is 0.0486. The van der Waals surface area contributed by atoms with Gasteiger partial charge in [-0.05, 0) is 49.2 Å². The second kappa shape index (κ2) is 6.17. The van der Waals surface area contributed by atoms with E-state index in [1.807, 2.05) is 32.0 Å². The van der Waals surface area contributed by atoms with E-state index in [1.54, 1.807) is 12.1 Å². The Morgan fingerprint density at radius 2 is 1.76 bits per heavy atom. The predicted octanol–water partition coefficient (Wildman–Crippen LogP) is 3.58. The van der Waals surface area contributed by atoms with E-state index in [9.17, 15) is 8.42 Å². The first kappa shape index (κ1) is 16.0. The zero-order valence-electron chi connectivity index (χ0n) is 11.8. The minimum Gasteiger partial charge on any atom is -0.378 e. The van der Waals surface area contributed by atoms with Crippen LogP contribution in [0.4, 0.5) is 5.69 Å². The van der Waals surface area contributed by atoms with Crippen LogP contribution in [0.1, 0.15) is 24.1 Å². The van der Waals surface area contributed by atoms with Gasteiger partial charge in [0.15, 0.2) is 0 Å². The van der Waals surface area contributed by atoms with Crippen molar-refractivity contribution in [3.8, 4) is 0 Å². The number of anilines is 1. The fourth-order valence-corrected chi connectivity index (χ4v) is 2.91. The van der Waals surface area contributed by atoms with Crippen molar-refractivity contribution < 1.29 is 8.42 Å². The summed E-state index contributed by atoms with van der Waals surface area (Å²) in [5, 5.41) is 8.51. The van der Waals surface area contributed by atoms with Gasteiger partial charge in [0.05, 0.1) is 4.90 Å². The summed E-state index contributed by atoms with van der Waals surface area (Å²) in [4.78, 5) is 0.122. The first-order chi connectivity index (χ1) is 9.79. The van der Waals surface area contributed by atoms with Crippen molar-refractivity contribution in [3.63, 3.8) is 0 Å². The lowest BCUT2D eigenvalue weighted by Gasteiger charge is -2.18. The maximum absolute atomic E-state index is 11.2. The Labute approximate surface area is 133 Å². The van der Waals surface area contributed by atoms with Crippen molar-refractivity contribution in [1.82, 2.24) is 0 Å². The molecule has 0 aliphatic carbocycles. The van der Waals surface area contributed by atoms with E-state index in [-0.39, 0.29) is 10.9 Å². The summed E-state index contributed by atoms with van der Waals surface area (Å²) in [5.74, 6) is 0. The van der Waals surface area contributed by atoms with Gasteiger partial charge in [-0.2, -0.15) is 0 Å². The van der Waals surface area contributed by atoms with Crippen LogP contribution in [0.25, 0.3) is 0 Å². The van der Waals surface area contributed by atoms with Crippen LogP contribution in [0.5, 0.6) is 0 Å². The number of hydrogen-bond acceptors (Lipinski definition) is 3. The summed E-state index contributed by atoms with van der Waals surface area (Å²) < 4.78 is 23.5. The Balaban J connectivity index is 2.21. The summed E-state index contributed by atoms with van der Waals surface area (Å²) in [6.07, 6.45) is 0. The maximum atomic E-state index is 11.2. The SMILES string of the molecule is Cc1c(Br)cccc1NC(C)c1ccc(S(N)(=O)=O)cc1. The average Bonchev–Trinajstić information content (AvgIpc) is 2.43. The molecule has 0 fully saturated rings. The van der Waals surface area contributed by atoms with Crippen molar-refractivity contribution >= 4 is 31.6 Å². The zero-order valence-corrected chi connectivity index (χ0v) is 14.2. The Kier molecular flexibility index (Phi) is 4.70. The number of rotatable bonds is 4. The third-order valence-corrected chi connectivity index (χ3v) is 5.14. The molecular formula is C15H17BrN2O2S. The molecule has 0 saturated heterocycles. The molecule has 4 nitrogen and oxygen atoms in total. The van der Waals surface area contributed by atoms with Crippen LogP contribution in [0.15, 0.2) is 51.8 Å². The van der Waals surface area contributed by atoms with Gasteiger partial charge in [0.1, 0.15) is 0 Å². The van der Waals surface area contributed by atoms with E-state index in [0.717, 1.165) is 21.3 Å². The molecule has 0 aliphatic heterocycles. The van der Waals surface area contributed by atoms with E-state index in [0.29, 0.717) is 0 Å². The van der Waals surface area contributed by atoms with Crippen LogP contribution in [0.3, 0.4) is 0 Å². The molecule has 0 aliphatic rings. The molecule has 3 N–H and O–H groups in total. The normalized spacial score (nSPS) is 13.0. The lowest BCUT2D eigenvalue weighted by Crippen LogP contribution is -2.13. The second-order valence-corrected chi connectivity index (χ2v) is 7.31. The van der Waals surface area contributed by atoms with Gasteiger partial charge >= 0.3 is 0 Å². The van der Waals surface area contributed by atoms with Gasteiger partial charge in [-0.15, -0.1) is 0 Å². The number of nitrogens with one attached hydrogen (secondary N) is 1. The monoisotopic (exact) mass is 368 g/mol. The maximum Gasteiger partial charge on any atom is 0.238 e. The van der Waals surface area contributed by atoms with Crippen molar-refractivity contribution in [2.75, 3.05) is 5.32 Å². The molecular weight excluding hydrogens is 352 g/mol. The van der Waals surface area contributed by atoms with Gasteiger partial charge < -0.3 is 5.32 Å². The number of benzene rings is 2. The Hall–Kier alpha value is -1.37. The van der Waals surface area contributed by atoms with Crippen LogP contribution in [-0.4, -0.2) is 8.42 Å². The molecule has 21 heavy (non-hydrogen) atoms. The number of sulfonamides is 1. The van der Waals surface area contributed by atoms with Gasteiger partial charge in [0.2, 0.25) is 10.0 Å². The third kappa shape index (κ3) is 3.84. The van der Waals surface area contributed by atoms with Crippen LogP contribution in [0, 0.1) is 6.92 Å². The molecule has 1 unspecified atom stereocenters. The highest BCUT2D eigenvalue weighted by Crippen LogP contribution is 2.27. The van der Waals surface area contributed by atoms with Crippen molar-refractivity contribution in [3.05, 3.63) is 58.1 Å². The fourth-order valence-electron chi connectivity index (χ4n) is 2.03. The minimum atomic E-state index is -3.64. The molecule has 2 rings (SSSR count). The molecule has 0 spiro atoms. The molecule has 0 aromatic heterocycles. The van der Waals surface area contributed by atoms with Crippen LogP contribution in [-0.2, 0) is 10.0 Å². The smallest absolute Gasteiger partial charge is 0.238 e. The summed E-state index contributed by atoms with van der Waals surface area (Å²) in [6, 6.07) is 12.6. The van der Waals surface area contributed by atoms with E-state index < -0.39 is 10.0 Å². The Morgan fingerprint density at radius 3 is 2.33 bits per heavy atom. The number of halogens is 1. The van der Waals surface area contributed by atoms with Crippen molar-refractivity contribution in [1.29, 1.82) is 0 Å². The van der Waals surface area contributed by atoms with E-state index >= 15 is 0 Å². The van der Waals surface area contributed by atoms with E-state index in [4.69, 9.17) is 5.14 Å². The van der Waals surface area contributed by atoms with Crippen LogP contribution < -0.4 is 10.5 Å². The summed E-state index contributed by atoms with van der Waals surface area (Å²) >= 11 is 3.50. The summed E-state index contributed by atoms with van der Waals surface area (Å²) in [6.45, 7) is 4.05. The average molecular weight is 369 g/mol. The first-order valence-electron chi connectivity index (χ1n) is 6.43. The van der Waals surface area contributed by atoms with Crippen LogP contribution >= 0.6 is 15.9 Å². The molecule has 6 heteroatoms. The molecule has 2 aromatic rings. The molecule has 0 bridgehead atoms. The largest absolute Gasteiger partial charge is 0.378 e. The summed E-state index contributed by atoms with van der Waals surface area (Å²) in [7, 11) is -3.64. The molecule has 1 atom stereocenters.